The minimum Gasteiger partial charge on any atom is -0.352 e. The summed E-state index contributed by atoms with van der Waals surface area (Å²) in [5.41, 5.74) is 1.09. The van der Waals surface area contributed by atoms with E-state index in [1.54, 1.807) is 0 Å². The summed E-state index contributed by atoms with van der Waals surface area (Å²) in [4.78, 5) is 4.57. The zero-order valence-electron chi connectivity index (χ0n) is 11.8. The number of hydrogen-bond donors (Lipinski definition) is 1. The van der Waals surface area contributed by atoms with Crippen LogP contribution in [-0.4, -0.2) is 16.1 Å². The summed E-state index contributed by atoms with van der Waals surface area (Å²) in [6.07, 6.45) is 7.91. The molecule has 0 radical (unpaired) electrons. The number of nitrogens with one attached hydrogen (secondary N) is 1. The fourth-order valence-corrected chi connectivity index (χ4v) is 2.86. The van der Waals surface area contributed by atoms with E-state index in [1.165, 1.54) is 19.3 Å². The number of rotatable bonds is 4. The molecule has 18 heavy (non-hydrogen) atoms. The van der Waals surface area contributed by atoms with Crippen molar-refractivity contribution < 1.29 is 0 Å². The quantitative estimate of drug-likeness (QED) is 0.820. The van der Waals surface area contributed by atoms with Crippen LogP contribution in [0.4, 0.5) is 5.95 Å². The number of imidazole rings is 1. The second kappa shape index (κ2) is 5.59. The second-order valence-corrected chi connectivity index (χ2v) is 5.70. The van der Waals surface area contributed by atoms with E-state index in [0.29, 0.717) is 6.04 Å². The van der Waals surface area contributed by atoms with E-state index in [9.17, 15) is 0 Å². The molecule has 0 aliphatic heterocycles. The predicted molar refractivity (Wildman–Crippen MR) is 76.9 cm³/mol. The first-order valence-electron chi connectivity index (χ1n) is 7.02. The van der Waals surface area contributed by atoms with E-state index >= 15 is 0 Å². The molecule has 0 bridgehead atoms. The van der Waals surface area contributed by atoms with Crippen LogP contribution in [0.1, 0.15) is 44.8 Å². The largest absolute Gasteiger partial charge is 0.352 e. The standard InChI is InChI=1S/C15H25N3/c1-5-8-16-15-17-13(4)10-18(15)14-7-6-11(2)12(3)9-14/h5,10-12,14H,1,6-9H2,2-4H3,(H,16,17). The number of hydrogen-bond acceptors (Lipinski definition) is 2. The number of aromatic nitrogens is 2. The molecule has 1 aromatic rings. The van der Waals surface area contributed by atoms with Crippen LogP contribution in [0.15, 0.2) is 18.9 Å². The number of anilines is 1. The van der Waals surface area contributed by atoms with Gasteiger partial charge in [0.15, 0.2) is 0 Å². The third-order valence-electron chi connectivity index (χ3n) is 4.22. The SMILES string of the molecule is C=CCNc1nc(C)cn1C1CCC(C)C(C)C1. The first-order valence-corrected chi connectivity index (χ1v) is 7.02. The molecule has 0 spiro atoms. The highest BCUT2D eigenvalue weighted by atomic mass is 15.2. The van der Waals surface area contributed by atoms with Gasteiger partial charge in [0, 0.05) is 18.8 Å². The monoisotopic (exact) mass is 247 g/mol. The van der Waals surface area contributed by atoms with E-state index in [0.717, 1.165) is 30.0 Å². The van der Waals surface area contributed by atoms with Crippen molar-refractivity contribution in [2.24, 2.45) is 11.8 Å². The molecule has 1 aliphatic rings. The summed E-state index contributed by atoms with van der Waals surface area (Å²) in [5.74, 6) is 2.66. The van der Waals surface area contributed by atoms with Crippen molar-refractivity contribution in [1.82, 2.24) is 9.55 Å². The van der Waals surface area contributed by atoms with E-state index in [2.05, 4.69) is 48.4 Å². The van der Waals surface area contributed by atoms with Crippen molar-refractivity contribution in [3.05, 3.63) is 24.5 Å². The highest BCUT2D eigenvalue weighted by Crippen LogP contribution is 2.37. The van der Waals surface area contributed by atoms with Gasteiger partial charge in [-0.1, -0.05) is 19.9 Å². The molecule has 1 saturated carbocycles. The van der Waals surface area contributed by atoms with Crippen molar-refractivity contribution in [1.29, 1.82) is 0 Å². The molecule has 3 nitrogen and oxygen atoms in total. The average molecular weight is 247 g/mol. The van der Waals surface area contributed by atoms with Crippen LogP contribution in [0.3, 0.4) is 0 Å². The van der Waals surface area contributed by atoms with Crippen molar-refractivity contribution >= 4 is 5.95 Å². The summed E-state index contributed by atoms with van der Waals surface area (Å²) in [5, 5.41) is 3.34. The normalized spacial score (nSPS) is 28.1. The van der Waals surface area contributed by atoms with Crippen molar-refractivity contribution in [3.8, 4) is 0 Å². The fourth-order valence-electron chi connectivity index (χ4n) is 2.86. The van der Waals surface area contributed by atoms with Crippen LogP contribution in [0.5, 0.6) is 0 Å². The minimum absolute atomic E-state index is 0.602. The van der Waals surface area contributed by atoms with Gasteiger partial charge in [-0.25, -0.2) is 4.98 Å². The van der Waals surface area contributed by atoms with Crippen molar-refractivity contribution in [2.75, 3.05) is 11.9 Å². The lowest BCUT2D eigenvalue weighted by atomic mass is 9.79. The molecular weight excluding hydrogens is 222 g/mol. The molecule has 2 rings (SSSR count). The second-order valence-electron chi connectivity index (χ2n) is 5.70. The van der Waals surface area contributed by atoms with Gasteiger partial charge in [-0.3, -0.25) is 0 Å². The lowest BCUT2D eigenvalue weighted by Crippen LogP contribution is -2.24. The Kier molecular flexibility index (Phi) is 4.10. The van der Waals surface area contributed by atoms with Gasteiger partial charge >= 0.3 is 0 Å². The van der Waals surface area contributed by atoms with Gasteiger partial charge in [0.1, 0.15) is 0 Å². The first-order chi connectivity index (χ1) is 8.61. The van der Waals surface area contributed by atoms with Gasteiger partial charge in [-0.2, -0.15) is 0 Å². The Morgan fingerprint density at radius 2 is 2.22 bits per heavy atom. The maximum atomic E-state index is 4.57. The summed E-state index contributed by atoms with van der Waals surface area (Å²) in [6.45, 7) is 11.3. The van der Waals surface area contributed by atoms with Crippen LogP contribution < -0.4 is 5.32 Å². The Hall–Kier alpha value is -1.25. The Morgan fingerprint density at radius 3 is 2.89 bits per heavy atom. The van der Waals surface area contributed by atoms with Crippen LogP contribution in [0.25, 0.3) is 0 Å². The van der Waals surface area contributed by atoms with Gasteiger partial charge in [0.25, 0.3) is 0 Å². The van der Waals surface area contributed by atoms with E-state index < -0.39 is 0 Å². The Balaban J connectivity index is 2.14. The van der Waals surface area contributed by atoms with E-state index in [-0.39, 0.29) is 0 Å². The summed E-state index contributed by atoms with van der Waals surface area (Å²) in [6, 6.07) is 0.602. The Morgan fingerprint density at radius 1 is 1.44 bits per heavy atom. The molecule has 1 heterocycles. The molecule has 0 saturated heterocycles. The Bertz CT molecular complexity index is 408. The third kappa shape index (κ3) is 2.77. The zero-order valence-corrected chi connectivity index (χ0v) is 11.8. The molecule has 100 valence electrons. The topological polar surface area (TPSA) is 29.9 Å². The van der Waals surface area contributed by atoms with Crippen LogP contribution in [-0.2, 0) is 0 Å². The maximum absolute atomic E-state index is 4.57. The molecule has 1 N–H and O–H groups in total. The minimum atomic E-state index is 0.602. The van der Waals surface area contributed by atoms with Crippen molar-refractivity contribution in [2.45, 2.75) is 46.1 Å². The van der Waals surface area contributed by atoms with Crippen LogP contribution >= 0.6 is 0 Å². The van der Waals surface area contributed by atoms with Crippen LogP contribution in [0.2, 0.25) is 0 Å². The smallest absolute Gasteiger partial charge is 0.203 e. The molecule has 3 atom stereocenters. The summed E-state index contributed by atoms with van der Waals surface area (Å²) >= 11 is 0. The van der Waals surface area contributed by atoms with E-state index in [4.69, 9.17) is 0 Å². The molecule has 1 aromatic heterocycles. The van der Waals surface area contributed by atoms with Gasteiger partial charge in [0.2, 0.25) is 5.95 Å². The molecule has 0 amide bonds. The van der Waals surface area contributed by atoms with E-state index in [1.807, 2.05) is 6.08 Å². The lowest BCUT2D eigenvalue weighted by Gasteiger charge is -2.33. The molecule has 3 unspecified atom stereocenters. The Labute approximate surface area is 110 Å². The summed E-state index contributed by atoms with van der Waals surface area (Å²) < 4.78 is 2.33. The first kappa shape index (κ1) is 13.2. The van der Waals surface area contributed by atoms with Crippen molar-refractivity contribution in [3.63, 3.8) is 0 Å². The fraction of sp³-hybridized carbons (Fsp3) is 0.667. The number of aryl methyl sites for hydroxylation is 1. The molecule has 3 heteroatoms. The zero-order chi connectivity index (χ0) is 13.1. The summed E-state index contributed by atoms with van der Waals surface area (Å²) in [7, 11) is 0. The van der Waals surface area contributed by atoms with Gasteiger partial charge in [-0.05, 0) is 38.0 Å². The van der Waals surface area contributed by atoms with Gasteiger partial charge in [-0.15, -0.1) is 6.58 Å². The van der Waals surface area contributed by atoms with Crippen LogP contribution in [0, 0.1) is 18.8 Å². The molecular formula is C15H25N3. The van der Waals surface area contributed by atoms with Gasteiger partial charge < -0.3 is 9.88 Å². The molecule has 1 fully saturated rings. The lowest BCUT2D eigenvalue weighted by molar-refractivity contribution is 0.212. The maximum Gasteiger partial charge on any atom is 0.203 e. The molecule has 0 aromatic carbocycles. The molecule has 1 aliphatic carbocycles. The van der Waals surface area contributed by atoms with Gasteiger partial charge in [0.05, 0.1) is 5.69 Å². The highest BCUT2D eigenvalue weighted by molar-refractivity contribution is 5.30. The predicted octanol–water partition coefficient (Wildman–Crippen LogP) is 3.79. The third-order valence-corrected chi connectivity index (χ3v) is 4.22. The highest BCUT2D eigenvalue weighted by Gasteiger charge is 2.26. The average Bonchev–Trinajstić information content (AvgIpc) is 2.71. The number of nitrogens with zero attached hydrogens (tertiary/aromatic N) is 2.